The van der Waals surface area contributed by atoms with Crippen molar-refractivity contribution in [3.63, 3.8) is 0 Å². The number of methoxy groups -OCH3 is 1. The van der Waals surface area contributed by atoms with Crippen molar-refractivity contribution in [2.45, 2.75) is 27.3 Å². The molecule has 2 N–H and O–H groups in total. The topological polar surface area (TPSA) is 67.8 Å². The smallest absolute Gasteiger partial charge is 0.219 e. The summed E-state index contributed by atoms with van der Waals surface area (Å²) in [6.07, 6.45) is 1.79. The van der Waals surface area contributed by atoms with Crippen molar-refractivity contribution in [2.75, 3.05) is 20.2 Å². The van der Waals surface area contributed by atoms with Gasteiger partial charge in [0.1, 0.15) is 11.5 Å². The minimum Gasteiger partial charge on any atom is -0.497 e. The predicted molar refractivity (Wildman–Crippen MR) is 120 cm³/mol. The van der Waals surface area contributed by atoms with Crippen LogP contribution in [-0.4, -0.2) is 31.1 Å². The zero-order valence-corrected chi connectivity index (χ0v) is 18.7. The van der Waals surface area contributed by atoms with Crippen LogP contribution in [0.2, 0.25) is 0 Å². The zero-order chi connectivity index (χ0) is 18.8. The summed E-state index contributed by atoms with van der Waals surface area (Å²) < 4.78 is 10.9. The van der Waals surface area contributed by atoms with Gasteiger partial charge < -0.3 is 20.1 Å². The van der Waals surface area contributed by atoms with E-state index in [1.165, 1.54) is 0 Å². The second kappa shape index (κ2) is 12.4. The number of halogens is 1. The average Bonchev–Trinajstić information content (AvgIpc) is 2.65. The van der Waals surface area contributed by atoms with E-state index in [2.05, 4.69) is 41.4 Å². The first-order valence-electron chi connectivity index (χ1n) is 8.89. The summed E-state index contributed by atoms with van der Waals surface area (Å²) in [6, 6.07) is 11.2. The first-order valence-corrected chi connectivity index (χ1v) is 8.89. The van der Waals surface area contributed by atoms with Crippen LogP contribution in [0.3, 0.4) is 0 Å². The molecule has 1 aromatic carbocycles. The molecular weight excluding hydrogens is 455 g/mol. The number of aromatic nitrogens is 1. The lowest BCUT2D eigenvalue weighted by Crippen LogP contribution is -2.39. The summed E-state index contributed by atoms with van der Waals surface area (Å²) >= 11 is 0. The molecule has 6 nitrogen and oxygen atoms in total. The molecule has 0 aliphatic heterocycles. The lowest BCUT2D eigenvalue weighted by atomic mass is 10.2. The van der Waals surface area contributed by atoms with E-state index in [0.29, 0.717) is 18.3 Å². The van der Waals surface area contributed by atoms with Crippen molar-refractivity contribution in [3.05, 3.63) is 48.2 Å². The highest BCUT2D eigenvalue weighted by Gasteiger charge is 2.02. The molecule has 0 atom stereocenters. The maximum Gasteiger partial charge on any atom is 0.219 e. The molecule has 0 aliphatic rings. The van der Waals surface area contributed by atoms with Crippen LogP contribution in [0.5, 0.6) is 17.4 Å². The number of nitrogens with zero attached hydrogens (tertiary/aromatic N) is 2. The number of guanidine groups is 1. The van der Waals surface area contributed by atoms with Crippen LogP contribution in [0.25, 0.3) is 0 Å². The molecule has 2 aromatic rings. The van der Waals surface area contributed by atoms with E-state index < -0.39 is 0 Å². The van der Waals surface area contributed by atoms with Gasteiger partial charge in [-0.3, -0.25) is 0 Å². The van der Waals surface area contributed by atoms with E-state index in [4.69, 9.17) is 9.47 Å². The molecule has 1 heterocycles. The summed E-state index contributed by atoms with van der Waals surface area (Å²) in [5, 5.41) is 6.57. The van der Waals surface area contributed by atoms with Gasteiger partial charge in [0.2, 0.25) is 5.88 Å². The molecule has 0 spiro atoms. The van der Waals surface area contributed by atoms with Gasteiger partial charge in [-0.15, -0.1) is 24.0 Å². The normalized spacial score (nSPS) is 10.9. The molecule has 0 saturated carbocycles. The third kappa shape index (κ3) is 8.47. The van der Waals surface area contributed by atoms with E-state index >= 15 is 0 Å². The van der Waals surface area contributed by atoms with Gasteiger partial charge in [0.05, 0.1) is 13.7 Å². The standard InChI is InChI=1S/C20H28N4O2.HI/c1-5-21-20(23-12-15(2)3)24-14-16-6-11-19(22-13-16)26-18-9-7-17(25-4)8-10-18;/h6-11,13,15H,5,12,14H2,1-4H3,(H2,21,23,24);1H. The Kier molecular flexibility index (Phi) is 10.5. The van der Waals surface area contributed by atoms with Gasteiger partial charge in [-0.25, -0.2) is 9.98 Å². The van der Waals surface area contributed by atoms with Gasteiger partial charge in [0, 0.05) is 25.4 Å². The summed E-state index contributed by atoms with van der Waals surface area (Å²) in [7, 11) is 1.64. The number of pyridine rings is 1. The van der Waals surface area contributed by atoms with Crippen LogP contribution >= 0.6 is 24.0 Å². The van der Waals surface area contributed by atoms with Crippen molar-refractivity contribution in [1.29, 1.82) is 0 Å². The lowest BCUT2D eigenvalue weighted by Gasteiger charge is -2.13. The summed E-state index contributed by atoms with van der Waals surface area (Å²) in [6.45, 7) is 8.67. The van der Waals surface area contributed by atoms with Gasteiger partial charge in [0.15, 0.2) is 5.96 Å². The molecule has 2 rings (SSSR count). The van der Waals surface area contributed by atoms with E-state index in [-0.39, 0.29) is 24.0 Å². The minimum absolute atomic E-state index is 0. The number of aliphatic imine (C=N–C) groups is 1. The van der Waals surface area contributed by atoms with Gasteiger partial charge >= 0.3 is 0 Å². The highest BCUT2D eigenvalue weighted by Crippen LogP contribution is 2.22. The molecule has 0 fully saturated rings. The molecule has 0 amide bonds. The fourth-order valence-electron chi connectivity index (χ4n) is 2.14. The number of nitrogens with one attached hydrogen (secondary N) is 2. The first kappa shape index (κ1) is 23.0. The van der Waals surface area contributed by atoms with Crippen LogP contribution in [0.1, 0.15) is 26.3 Å². The Hall–Kier alpha value is -2.03. The molecule has 27 heavy (non-hydrogen) atoms. The third-order valence-electron chi connectivity index (χ3n) is 3.52. The summed E-state index contributed by atoms with van der Waals surface area (Å²) in [5.74, 6) is 3.44. The van der Waals surface area contributed by atoms with Crippen molar-refractivity contribution in [3.8, 4) is 17.4 Å². The molecule has 0 saturated heterocycles. The predicted octanol–water partition coefficient (Wildman–Crippen LogP) is 4.21. The molecule has 148 valence electrons. The Morgan fingerprint density at radius 2 is 1.78 bits per heavy atom. The van der Waals surface area contributed by atoms with E-state index in [0.717, 1.165) is 36.1 Å². The monoisotopic (exact) mass is 484 g/mol. The average molecular weight is 484 g/mol. The van der Waals surface area contributed by atoms with E-state index in [1.54, 1.807) is 13.3 Å². The second-order valence-electron chi connectivity index (χ2n) is 6.25. The summed E-state index contributed by atoms with van der Waals surface area (Å²) in [5.41, 5.74) is 1.02. The fraction of sp³-hybridized carbons (Fsp3) is 0.400. The van der Waals surface area contributed by atoms with Crippen LogP contribution in [-0.2, 0) is 6.54 Å². The molecule has 7 heteroatoms. The second-order valence-corrected chi connectivity index (χ2v) is 6.25. The van der Waals surface area contributed by atoms with Gasteiger partial charge in [0.25, 0.3) is 0 Å². The van der Waals surface area contributed by atoms with Crippen molar-refractivity contribution < 1.29 is 9.47 Å². The Morgan fingerprint density at radius 3 is 2.33 bits per heavy atom. The number of ether oxygens (including phenoxy) is 2. The van der Waals surface area contributed by atoms with Crippen LogP contribution < -0.4 is 20.1 Å². The molecule has 0 radical (unpaired) electrons. The summed E-state index contributed by atoms with van der Waals surface area (Å²) in [4.78, 5) is 8.94. The molecule has 0 bridgehead atoms. The lowest BCUT2D eigenvalue weighted by molar-refractivity contribution is 0.412. The highest BCUT2D eigenvalue weighted by molar-refractivity contribution is 14.0. The first-order chi connectivity index (χ1) is 12.6. The molecular formula is C20H29IN4O2. The van der Waals surface area contributed by atoms with E-state index in [9.17, 15) is 0 Å². The number of hydrogen-bond donors (Lipinski definition) is 2. The van der Waals surface area contributed by atoms with Crippen molar-refractivity contribution >= 4 is 29.9 Å². The van der Waals surface area contributed by atoms with Crippen LogP contribution in [0, 0.1) is 5.92 Å². The molecule has 0 aliphatic carbocycles. The largest absolute Gasteiger partial charge is 0.497 e. The number of rotatable bonds is 8. The maximum absolute atomic E-state index is 5.73. The van der Waals surface area contributed by atoms with Gasteiger partial charge in [-0.1, -0.05) is 19.9 Å². The quantitative estimate of drug-likeness (QED) is 0.334. The van der Waals surface area contributed by atoms with Crippen molar-refractivity contribution in [1.82, 2.24) is 15.6 Å². The fourth-order valence-corrected chi connectivity index (χ4v) is 2.14. The number of benzene rings is 1. The highest BCUT2D eigenvalue weighted by atomic mass is 127. The molecule has 0 unspecified atom stereocenters. The Morgan fingerprint density at radius 1 is 1.07 bits per heavy atom. The Bertz CT molecular complexity index is 688. The Balaban J connectivity index is 0.00000364. The van der Waals surface area contributed by atoms with Crippen molar-refractivity contribution in [2.24, 2.45) is 10.9 Å². The molecule has 1 aromatic heterocycles. The Labute approximate surface area is 178 Å². The zero-order valence-electron chi connectivity index (χ0n) is 16.4. The van der Waals surface area contributed by atoms with Crippen LogP contribution in [0.15, 0.2) is 47.6 Å². The van der Waals surface area contributed by atoms with Gasteiger partial charge in [-0.2, -0.15) is 0 Å². The van der Waals surface area contributed by atoms with E-state index in [1.807, 2.05) is 36.4 Å². The SMILES string of the molecule is CCNC(=NCc1ccc(Oc2ccc(OC)cc2)nc1)NCC(C)C.I. The maximum atomic E-state index is 5.73. The van der Waals surface area contributed by atoms with Crippen LogP contribution in [0.4, 0.5) is 0 Å². The van der Waals surface area contributed by atoms with Gasteiger partial charge in [-0.05, 0) is 42.7 Å². The third-order valence-corrected chi connectivity index (χ3v) is 3.52. The number of hydrogen-bond acceptors (Lipinski definition) is 4. The minimum atomic E-state index is 0.